The van der Waals surface area contributed by atoms with Gasteiger partial charge >= 0.3 is 0 Å². The van der Waals surface area contributed by atoms with Gasteiger partial charge in [0.15, 0.2) is 29.7 Å². The summed E-state index contributed by atoms with van der Waals surface area (Å²) < 4.78 is 33.6. The van der Waals surface area contributed by atoms with Gasteiger partial charge in [-0.2, -0.15) is 0 Å². The lowest BCUT2D eigenvalue weighted by Gasteiger charge is -2.45. The van der Waals surface area contributed by atoms with E-state index in [1.165, 1.54) is 32.2 Å². The number of methoxy groups -OCH3 is 1. The van der Waals surface area contributed by atoms with Crippen LogP contribution in [0.2, 0.25) is 0 Å². The monoisotopic (exact) mass is 624 g/mol. The van der Waals surface area contributed by atoms with Gasteiger partial charge < -0.3 is 74.1 Å². The Bertz CT molecular complexity index is 1560. The lowest BCUT2D eigenvalue weighted by molar-refractivity contribution is -0.354. The fourth-order valence-corrected chi connectivity index (χ4v) is 5.09. The fourth-order valence-electron chi connectivity index (χ4n) is 5.09. The second-order valence-corrected chi connectivity index (χ2v) is 10.4. The van der Waals surface area contributed by atoms with Crippen LogP contribution in [0.3, 0.4) is 0 Å². The van der Waals surface area contributed by atoms with Crippen LogP contribution in [-0.4, -0.2) is 121 Å². The number of hydrogen-bond acceptors (Lipinski definition) is 16. The summed E-state index contributed by atoms with van der Waals surface area (Å²) in [6.07, 6.45) is -16.5. The normalized spacial score (nSPS) is 32.5. The number of ether oxygens (including phenoxy) is 5. The van der Waals surface area contributed by atoms with Gasteiger partial charge in [0.25, 0.3) is 0 Å². The molecule has 1 aromatic heterocycles. The molecule has 240 valence electrons. The van der Waals surface area contributed by atoms with Gasteiger partial charge in [0.2, 0.25) is 17.5 Å². The average Bonchev–Trinajstić information content (AvgIpc) is 2.98. The van der Waals surface area contributed by atoms with Crippen molar-refractivity contribution in [3.63, 3.8) is 0 Å². The first-order valence-electron chi connectivity index (χ1n) is 13.4. The molecule has 9 N–H and O–H groups in total. The van der Waals surface area contributed by atoms with Crippen molar-refractivity contribution in [2.75, 3.05) is 13.7 Å². The molecule has 2 fully saturated rings. The Morgan fingerprint density at radius 3 is 2.23 bits per heavy atom. The zero-order valence-corrected chi connectivity index (χ0v) is 23.3. The van der Waals surface area contributed by atoms with Crippen molar-refractivity contribution in [3.05, 3.63) is 40.6 Å². The van der Waals surface area contributed by atoms with E-state index in [0.717, 1.165) is 12.1 Å². The number of fused-ring (bicyclic) bond motifs is 1. The Kier molecular flexibility index (Phi) is 8.90. The number of aromatic hydroxyl groups is 3. The van der Waals surface area contributed by atoms with Gasteiger partial charge in [-0.05, 0) is 25.1 Å². The van der Waals surface area contributed by atoms with E-state index >= 15 is 0 Å². The van der Waals surface area contributed by atoms with E-state index in [1.54, 1.807) is 0 Å². The number of hydrogen-bond donors (Lipinski definition) is 9. The SMILES string of the molecule is COc1ccc(-c2oc3cc(O)cc(O)c3c(=O)c2O[C@@H]2O[C@H](CO)[C@H](O)[C@H](O)[C@H]2O[C@@H]2O[C@@H](C)[C@H](O)[C@@H](O)[C@H]2O)cc1O. The number of rotatable bonds is 7. The van der Waals surface area contributed by atoms with Crippen molar-refractivity contribution in [2.45, 2.75) is 68.3 Å². The van der Waals surface area contributed by atoms with Crippen molar-refractivity contribution in [2.24, 2.45) is 0 Å². The smallest absolute Gasteiger partial charge is 0.239 e. The molecule has 44 heavy (non-hydrogen) atoms. The van der Waals surface area contributed by atoms with Crippen LogP contribution in [0.15, 0.2) is 39.5 Å². The number of aliphatic hydroxyl groups is 6. The third-order valence-electron chi connectivity index (χ3n) is 7.52. The van der Waals surface area contributed by atoms with Crippen LogP contribution in [0.5, 0.6) is 28.7 Å². The zero-order chi connectivity index (χ0) is 32.0. The van der Waals surface area contributed by atoms with Crippen LogP contribution < -0.4 is 14.9 Å². The van der Waals surface area contributed by atoms with Gasteiger partial charge in [-0.15, -0.1) is 0 Å². The molecule has 10 atom stereocenters. The van der Waals surface area contributed by atoms with Crippen LogP contribution in [0.4, 0.5) is 0 Å². The molecule has 0 saturated carbocycles. The third kappa shape index (κ3) is 5.63. The van der Waals surface area contributed by atoms with Gasteiger partial charge in [-0.3, -0.25) is 4.79 Å². The van der Waals surface area contributed by atoms with E-state index in [9.17, 15) is 50.8 Å². The molecule has 0 spiro atoms. The van der Waals surface area contributed by atoms with E-state index in [4.69, 9.17) is 28.1 Å². The lowest BCUT2D eigenvalue weighted by Crippen LogP contribution is -2.64. The highest BCUT2D eigenvalue weighted by Crippen LogP contribution is 2.40. The summed E-state index contributed by atoms with van der Waals surface area (Å²) in [5.74, 6) is -2.40. The summed E-state index contributed by atoms with van der Waals surface area (Å²) in [7, 11) is 1.32. The number of phenols is 3. The molecule has 5 rings (SSSR count). The Morgan fingerprint density at radius 2 is 1.57 bits per heavy atom. The first-order valence-corrected chi connectivity index (χ1v) is 13.4. The van der Waals surface area contributed by atoms with Crippen molar-refractivity contribution in [1.29, 1.82) is 0 Å². The minimum atomic E-state index is -1.90. The maximum atomic E-state index is 13.8. The van der Waals surface area contributed by atoms with Crippen LogP contribution in [0.1, 0.15) is 6.92 Å². The molecule has 0 unspecified atom stereocenters. The average molecular weight is 625 g/mol. The fraction of sp³-hybridized carbons (Fsp3) is 0.464. The second-order valence-electron chi connectivity index (χ2n) is 10.4. The van der Waals surface area contributed by atoms with Crippen molar-refractivity contribution in [1.82, 2.24) is 0 Å². The van der Waals surface area contributed by atoms with Gasteiger partial charge in [-0.25, -0.2) is 0 Å². The standard InChI is InChI=1S/C28H32O16/c1-9-18(33)21(36)23(38)27(40-9)44-26-22(37)19(34)16(8-29)42-28(26)43-25-20(35)17-13(32)6-11(30)7-15(17)41-24(25)10-3-4-14(39-2)12(31)5-10/h3-7,9,16,18-19,21-23,26-34,36-38H,8H2,1-2H3/t9-,16+,18-,19-,21+,22-,23+,26+,27-,28-/m0/s1. The Balaban J connectivity index is 1.62. The maximum Gasteiger partial charge on any atom is 0.239 e. The molecule has 0 bridgehead atoms. The van der Waals surface area contributed by atoms with Gasteiger partial charge in [0.1, 0.15) is 59.1 Å². The molecule has 0 radical (unpaired) electrons. The third-order valence-corrected chi connectivity index (χ3v) is 7.52. The molecule has 2 aromatic carbocycles. The second kappa shape index (κ2) is 12.4. The molecule has 2 aliphatic heterocycles. The largest absolute Gasteiger partial charge is 0.508 e. The highest BCUT2D eigenvalue weighted by Gasteiger charge is 2.51. The molecule has 3 aromatic rings. The highest BCUT2D eigenvalue weighted by atomic mass is 16.8. The van der Waals surface area contributed by atoms with E-state index in [2.05, 4.69) is 0 Å². The van der Waals surface area contributed by atoms with Crippen LogP contribution in [0, 0.1) is 0 Å². The predicted octanol–water partition coefficient (Wildman–Crippen LogP) is -1.38. The number of aliphatic hydroxyl groups excluding tert-OH is 6. The predicted molar refractivity (Wildman–Crippen MR) is 145 cm³/mol. The Morgan fingerprint density at radius 1 is 0.841 bits per heavy atom. The lowest BCUT2D eigenvalue weighted by atomic mass is 9.97. The maximum absolute atomic E-state index is 13.8. The summed E-state index contributed by atoms with van der Waals surface area (Å²) in [6, 6.07) is 5.86. The molecule has 16 heteroatoms. The molecule has 2 saturated heterocycles. The summed E-state index contributed by atoms with van der Waals surface area (Å²) in [5, 5.41) is 92.5. The van der Waals surface area contributed by atoms with Crippen LogP contribution in [-0.2, 0) is 14.2 Å². The molecule has 0 aliphatic carbocycles. The number of benzene rings is 2. The van der Waals surface area contributed by atoms with E-state index in [1.807, 2.05) is 0 Å². The molecular formula is C28H32O16. The van der Waals surface area contributed by atoms with E-state index in [-0.39, 0.29) is 28.4 Å². The molecule has 0 amide bonds. The number of phenolic OH excluding ortho intramolecular Hbond substituents is 3. The van der Waals surface area contributed by atoms with E-state index < -0.39 is 96.1 Å². The minimum Gasteiger partial charge on any atom is -0.508 e. The quantitative estimate of drug-likeness (QED) is 0.147. The summed E-state index contributed by atoms with van der Waals surface area (Å²) >= 11 is 0. The molecular weight excluding hydrogens is 592 g/mol. The molecule has 16 nitrogen and oxygen atoms in total. The Labute approximate surface area is 248 Å². The zero-order valence-electron chi connectivity index (χ0n) is 23.3. The summed E-state index contributed by atoms with van der Waals surface area (Å²) in [6.45, 7) is 0.566. The van der Waals surface area contributed by atoms with E-state index in [0.29, 0.717) is 0 Å². The van der Waals surface area contributed by atoms with Gasteiger partial charge in [0.05, 0.1) is 19.8 Å². The summed E-state index contributed by atoms with van der Waals surface area (Å²) in [5.41, 5.74) is -1.23. The van der Waals surface area contributed by atoms with Gasteiger partial charge in [0, 0.05) is 17.7 Å². The van der Waals surface area contributed by atoms with Gasteiger partial charge in [-0.1, -0.05) is 0 Å². The van der Waals surface area contributed by atoms with Crippen molar-refractivity contribution >= 4 is 11.0 Å². The minimum absolute atomic E-state index is 0.0460. The van der Waals surface area contributed by atoms with Crippen molar-refractivity contribution in [3.8, 4) is 40.1 Å². The molecule has 3 heterocycles. The summed E-state index contributed by atoms with van der Waals surface area (Å²) in [4.78, 5) is 13.8. The van der Waals surface area contributed by atoms with Crippen LogP contribution in [0.25, 0.3) is 22.3 Å². The highest BCUT2D eigenvalue weighted by molar-refractivity contribution is 5.88. The Hall–Kier alpha value is -3.71. The first kappa shape index (κ1) is 31.7. The van der Waals surface area contributed by atoms with Crippen LogP contribution >= 0.6 is 0 Å². The topological polar surface area (TPSA) is 258 Å². The van der Waals surface area contributed by atoms with Crippen molar-refractivity contribution < 1.29 is 74.1 Å². The first-order chi connectivity index (χ1) is 20.9. The molecule has 2 aliphatic rings.